The molecule has 2 aromatic rings. The molecule has 1 atom stereocenters. The minimum atomic E-state index is 0.132. The van der Waals surface area contributed by atoms with Gasteiger partial charge in [-0.15, -0.1) is 0 Å². The summed E-state index contributed by atoms with van der Waals surface area (Å²) in [6.07, 6.45) is 1.01. The van der Waals surface area contributed by atoms with Crippen molar-refractivity contribution in [1.29, 1.82) is 0 Å². The zero-order chi connectivity index (χ0) is 15.2. The Morgan fingerprint density at radius 3 is 2.52 bits per heavy atom. The molecule has 0 spiro atoms. The Morgan fingerprint density at radius 1 is 1.19 bits per heavy atom. The van der Waals surface area contributed by atoms with Crippen LogP contribution < -0.4 is 10.1 Å². The zero-order valence-corrected chi connectivity index (χ0v) is 14.5. The van der Waals surface area contributed by atoms with Crippen molar-refractivity contribution < 1.29 is 4.74 Å². The molecule has 0 saturated heterocycles. The number of hydrogen-bond acceptors (Lipinski definition) is 2. The Balaban J connectivity index is 2.03. The topological polar surface area (TPSA) is 21.3 Å². The summed E-state index contributed by atoms with van der Waals surface area (Å²) in [5.74, 6) is 0.900. The van der Waals surface area contributed by atoms with Crippen molar-refractivity contribution in [1.82, 2.24) is 0 Å². The third-order valence-corrected chi connectivity index (χ3v) is 3.96. The lowest BCUT2D eigenvalue weighted by Crippen LogP contribution is -2.07. The highest BCUT2D eigenvalue weighted by Crippen LogP contribution is 2.29. The monoisotopic (exact) mass is 367 g/mol. The van der Waals surface area contributed by atoms with Crippen LogP contribution in [0.2, 0.25) is 5.02 Å². The molecule has 21 heavy (non-hydrogen) atoms. The van der Waals surface area contributed by atoms with Gasteiger partial charge in [-0.05, 0) is 55.3 Å². The van der Waals surface area contributed by atoms with Gasteiger partial charge in [-0.3, -0.25) is 0 Å². The van der Waals surface area contributed by atoms with Gasteiger partial charge < -0.3 is 10.1 Å². The lowest BCUT2D eigenvalue weighted by molar-refractivity contribution is 0.317. The van der Waals surface area contributed by atoms with Crippen molar-refractivity contribution in [3.8, 4) is 5.75 Å². The van der Waals surface area contributed by atoms with Crippen LogP contribution in [0, 0.1) is 0 Å². The fraction of sp³-hybridized carbons (Fsp3) is 0.294. The summed E-state index contributed by atoms with van der Waals surface area (Å²) in [6.45, 7) is 4.94. The molecule has 1 unspecified atom stereocenters. The van der Waals surface area contributed by atoms with E-state index in [2.05, 4.69) is 35.1 Å². The number of rotatable bonds is 6. The largest absolute Gasteiger partial charge is 0.494 e. The molecular weight excluding hydrogens is 350 g/mol. The van der Waals surface area contributed by atoms with E-state index in [1.807, 2.05) is 42.5 Å². The van der Waals surface area contributed by atoms with Gasteiger partial charge in [0.25, 0.3) is 0 Å². The summed E-state index contributed by atoms with van der Waals surface area (Å²) >= 11 is 9.71. The van der Waals surface area contributed by atoms with Crippen molar-refractivity contribution in [2.45, 2.75) is 26.3 Å². The number of ether oxygens (including phenoxy) is 1. The van der Waals surface area contributed by atoms with E-state index in [1.165, 1.54) is 0 Å². The van der Waals surface area contributed by atoms with E-state index >= 15 is 0 Å². The van der Waals surface area contributed by atoms with E-state index in [0.717, 1.165) is 39.5 Å². The summed E-state index contributed by atoms with van der Waals surface area (Å²) in [5, 5.41) is 4.20. The molecule has 0 aliphatic heterocycles. The van der Waals surface area contributed by atoms with Gasteiger partial charge in [0, 0.05) is 21.2 Å². The van der Waals surface area contributed by atoms with Crippen LogP contribution in [0.15, 0.2) is 46.9 Å². The summed E-state index contributed by atoms with van der Waals surface area (Å²) in [5.41, 5.74) is 2.12. The predicted molar refractivity (Wildman–Crippen MR) is 93.4 cm³/mol. The molecule has 0 saturated carbocycles. The molecule has 112 valence electrons. The summed E-state index contributed by atoms with van der Waals surface area (Å²) in [4.78, 5) is 0. The van der Waals surface area contributed by atoms with E-state index < -0.39 is 0 Å². The van der Waals surface area contributed by atoms with Gasteiger partial charge in [-0.1, -0.05) is 40.5 Å². The Morgan fingerprint density at radius 2 is 1.90 bits per heavy atom. The van der Waals surface area contributed by atoms with Gasteiger partial charge in [0.05, 0.1) is 6.61 Å². The molecule has 0 fully saturated rings. The van der Waals surface area contributed by atoms with Crippen molar-refractivity contribution in [2.24, 2.45) is 0 Å². The maximum absolute atomic E-state index is 6.28. The quantitative estimate of drug-likeness (QED) is 0.668. The lowest BCUT2D eigenvalue weighted by Gasteiger charge is -2.17. The minimum absolute atomic E-state index is 0.132. The smallest absolute Gasteiger partial charge is 0.119 e. The van der Waals surface area contributed by atoms with Gasteiger partial charge in [0.15, 0.2) is 0 Å². The van der Waals surface area contributed by atoms with E-state index in [1.54, 1.807) is 0 Å². The second-order valence-electron chi connectivity index (χ2n) is 4.90. The van der Waals surface area contributed by atoms with Crippen LogP contribution in [0.1, 0.15) is 31.9 Å². The first-order chi connectivity index (χ1) is 10.1. The molecule has 0 aliphatic rings. The lowest BCUT2D eigenvalue weighted by atomic mass is 10.1. The zero-order valence-electron chi connectivity index (χ0n) is 12.2. The molecule has 2 nitrogen and oxygen atoms in total. The molecule has 2 aromatic carbocycles. The second-order valence-corrected chi connectivity index (χ2v) is 6.23. The van der Waals surface area contributed by atoms with Gasteiger partial charge in [-0.2, -0.15) is 0 Å². The summed E-state index contributed by atoms with van der Waals surface area (Å²) < 4.78 is 6.56. The van der Waals surface area contributed by atoms with E-state index in [0.29, 0.717) is 0 Å². The maximum atomic E-state index is 6.28. The normalized spacial score (nSPS) is 12.0. The van der Waals surface area contributed by atoms with Crippen molar-refractivity contribution in [2.75, 3.05) is 11.9 Å². The standard InChI is InChI=1S/C17H19BrClNO/c1-3-10-21-15-7-5-14(6-8-15)20-12(2)16-9-4-13(18)11-17(16)19/h4-9,11-12,20H,3,10H2,1-2H3. The average Bonchev–Trinajstić information content (AvgIpc) is 2.46. The molecular formula is C17H19BrClNO. The fourth-order valence-corrected chi connectivity index (χ4v) is 2.88. The second kappa shape index (κ2) is 7.71. The molecule has 0 heterocycles. The van der Waals surface area contributed by atoms with Crippen LogP contribution >= 0.6 is 27.5 Å². The molecule has 4 heteroatoms. The number of nitrogens with one attached hydrogen (secondary N) is 1. The fourth-order valence-electron chi connectivity index (χ4n) is 2.05. The average molecular weight is 369 g/mol. The SMILES string of the molecule is CCCOc1ccc(NC(C)c2ccc(Br)cc2Cl)cc1. The number of anilines is 1. The van der Waals surface area contributed by atoms with Crippen molar-refractivity contribution >= 4 is 33.2 Å². The van der Waals surface area contributed by atoms with Crippen LogP contribution in [0.3, 0.4) is 0 Å². The van der Waals surface area contributed by atoms with Gasteiger partial charge >= 0.3 is 0 Å². The first-order valence-corrected chi connectivity index (χ1v) is 8.21. The molecule has 0 bridgehead atoms. The third kappa shape index (κ3) is 4.65. The number of halogens is 2. The Hall–Kier alpha value is -1.19. The van der Waals surface area contributed by atoms with Crippen LogP contribution in [0.5, 0.6) is 5.75 Å². The predicted octanol–water partition coefficient (Wildman–Crippen LogP) is 6.06. The summed E-state index contributed by atoms with van der Waals surface area (Å²) in [6, 6.07) is 14.1. The molecule has 0 amide bonds. The van der Waals surface area contributed by atoms with Gasteiger partial charge in [0.1, 0.15) is 5.75 Å². The third-order valence-electron chi connectivity index (χ3n) is 3.14. The maximum Gasteiger partial charge on any atom is 0.119 e. The van der Waals surface area contributed by atoms with Crippen LogP contribution in [0.25, 0.3) is 0 Å². The molecule has 0 aromatic heterocycles. The van der Waals surface area contributed by atoms with E-state index in [9.17, 15) is 0 Å². The molecule has 0 radical (unpaired) electrons. The number of benzene rings is 2. The van der Waals surface area contributed by atoms with E-state index in [-0.39, 0.29) is 6.04 Å². The first kappa shape index (κ1) is 16.2. The number of hydrogen-bond donors (Lipinski definition) is 1. The van der Waals surface area contributed by atoms with Crippen molar-refractivity contribution in [3.05, 3.63) is 57.5 Å². The highest BCUT2D eigenvalue weighted by molar-refractivity contribution is 9.10. The van der Waals surface area contributed by atoms with Gasteiger partial charge in [-0.25, -0.2) is 0 Å². The Labute approximate surface area is 139 Å². The molecule has 0 aliphatic carbocycles. The highest BCUT2D eigenvalue weighted by atomic mass is 79.9. The molecule has 2 rings (SSSR count). The van der Waals surface area contributed by atoms with Crippen LogP contribution in [0.4, 0.5) is 5.69 Å². The molecule has 1 N–H and O–H groups in total. The minimum Gasteiger partial charge on any atom is -0.494 e. The Kier molecular flexibility index (Phi) is 5.95. The Bertz CT molecular complexity index is 586. The van der Waals surface area contributed by atoms with Crippen LogP contribution in [-0.2, 0) is 0 Å². The van der Waals surface area contributed by atoms with Gasteiger partial charge in [0.2, 0.25) is 0 Å². The van der Waals surface area contributed by atoms with E-state index in [4.69, 9.17) is 16.3 Å². The summed E-state index contributed by atoms with van der Waals surface area (Å²) in [7, 11) is 0. The van der Waals surface area contributed by atoms with Crippen molar-refractivity contribution in [3.63, 3.8) is 0 Å². The highest BCUT2D eigenvalue weighted by Gasteiger charge is 2.10. The first-order valence-electron chi connectivity index (χ1n) is 7.04. The van der Waals surface area contributed by atoms with Crippen LogP contribution in [-0.4, -0.2) is 6.61 Å².